The molecular formula is C19H20N2OS. The van der Waals surface area contributed by atoms with Gasteiger partial charge in [-0.3, -0.25) is 5.32 Å². The zero-order valence-corrected chi connectivity index (χ0v) is 14.4. The molecule has 0 aliphatic carbocycles. The largest absolute Gasteiger partial charge is 0.469 e. The molecule has 0 fully saturated rings. The molecule has 4 rings (SSSR count). The van der Waals surface area contributed by atoms with Crippen LogP contribution in [0, 0.1) is 6.92 Å². The third-order valence-electron chi connectivity index (χ3n) is 4.53. The lowest BCUT2D eigenvalue weighted by Crippen LogP contribution is -2.50. The van der Waals surface area contributed by atoms with E-state index in [-0.39, 0.29) is 5.72 Å². The number of para-hydroxylation sites is 1. The van der Waals surface area contributed by atoms with Crippen LogP contribution in [-0.4, -0.2) is 17.3 Å². The first-order valence-corrected chi connectivity index (χ1v) is 8.65. The van der Waals surface area contributed by atoms with Gasteiger partial charge in [-0.15, -0.1) is 0 Å². The lowest BCUT2D eigenvalue weighted by molar-refractivity contribution is 0.0345. The second-order valence-electron chi connectivity index (χ2n) is 6.15. The minimum absolute atomic E-state index is 0.375. The quantitative estimate of drug-likeness (QED) is 0.772. The number of nitrogens with zero attached hydrogens (tertiary/aromatic N) is 1. The second-order valence-corrected chi connectivity index (χ2v) is 7.23. The van der Waals surface area contributed by atoms with Gasteiger partial charge in [-0.25, -0.2) is 0 Å². The van der Waals surface area contributed by atoms with E-state index in [2.05, 4.69) is 72.3 Å². The van der Waals surface area contributed by atoms with Crippen molar-refractivity contribution in [3.8, 4) is 5.75 Å². The van der Waals surface area contributed by atoms with Crippen LogP contribution in [-0.2, 0) is 6.54 Å². The van der Waals surface area contributed by atoms with Crippen LogP contribution in [0.5, 0.6) is 5.75 Å². The van der Waals surface area contributed by atoms with Crippen LogP contribution in [0.3, 0.4) is 0 Å². The summed E-state index contributed by atoms with van der Waals surface area (Å²) < 4.78 is 8.60. The molecule has 1 aliphatic rings. The average Bonchev–Trinajstić information content (AvgIpc) is 2.83. The maximum Gasteiger partial charge on any atom is 0.176 e. The molecule has 0 spiro atoms. The Morgan fingerprint density at radius 1 is 1.13 bits per heavy atom. The van der Waals surface area contributed by atoms with E-state index in [1.807, 2.05) is 18.8 Å². The van der Waals surface area contributed by atoms with Crippen molar-refractivity contribution in [3.05, 3.63) is 54.2 Å². The summed E-state index contributed by atoms with van der Waals surface area (Å²) in [5, 5.41) is 4.57. The number of nitrogens with one attached hydrogen (secondary N) is 1. The zero-order valence-electron chi connectivity index (χ0n) is 13.6. The molecule has 23 heavy (non-hydrogen) atoms. The SMILES string of the molecule is CNC1(C)Cn2c(C)c(Sc3ccccc3)c3cccc(c32)O1. The Morgan fingerprint density at radius 2 is 1.91 bits per heavy atom. The molecule has 1 N–H and O–H groups in total. The first-order chi connectivity index (χ1) is 11.1. The van der Waals surface area contributed by atoms with E-state index in [0.717, 1.165) is 12.3 Å². The fourth-order valence-electron chi connectivity index (χ4n) is 3.19. The van der Waals surface area contributed by atoms with Crippen molar-refractivity contribution in [1.29, 1.82) is 0 Å². The molecule has 118 valence electrons. The Morgan fingerprint density at radius 3 is 2.65 bits per heavy atom. The number of hydrogen-bond acceptors (Lipinski definition) is 3. The second kappa shape index (κ2) is 5.32. The molecule has 1 unspecified atom stereocenters. The van der Waals surface area contributed by atoms with E-state index >= 15 is 0 Å². The number of rotatable bonds is 3. The highest BCUT2D eigenvalue weighted by Crippen LogP contribution is 2.44. The summed E-state index contributed by atoms with van der Waals surface area (Å²) in [7, 11) is 1.95. The Hall–Kier alpha value is -1.91. The molecule has 0 amide bonds. The minimum Gasteiger partial charge on any atom is -0.469 e. The molecule has 2 aromatic carbocycles. The molecular weight excluding hydrogens is 304 g/mol. The van der Waals surface area contributed by atoms with Crippen LogP contribution in [0.4, 0.5) is 0 Å². The molecule has 3 nitrogen and oxygen atoms in total. The number of aromatic nitrogens is 1. The summed E-state index contributed by atoms with van der Waals surface area (Å²) in [4.78, 5) is 2.58. The standard InChI is InChI=1S/C19H20N2OS/c1-13-18(23-14-8-5-4-6-9-14)15-10-7-11-16-17(15)21(13)12-19(2,20-3)22-16/h4-11,20H,12H2,1-3H3. The first-order valence-electron chi connectivity index (χ1n) is 7.84. The maximum absolute atomic E-state index is 6.22. The van der Waals surface area contributed by atoms with E-state index in [4.69, 9.17) is 4.74 Å². The van der Waals surface area contributed by atoms with Crippen LogP contribution < -0.4 is 10.1 Å². The highest BCUT2D eigenvalue weighted by molar-refractivity contribution is 7.99. The third kappa shape index (κ3) is 2.33. The molecule has 3 aromatic rings. The van der Waals surface area contributed by atoms with E-state index < -0.39 is 0 Å². The predicted octanol–water partition coefficient (Wildman–Crippen LogP) is 4.43. The van der Waals surface area contributed by atoms with Gasteiger partial charge in [0.15, 0.2) is 5.72 Å². The normalized spacial score (nSPS) is 19.8. The Labute approximate surface area is 140 Å². The monoisotopic (exact) mass is 324 g/mol. The maximum atomic E-state index is 6.22. The predicted molar refractivity (Wildman–Crippen MR) is 95.3 cm³/mol. The van der Waals surface area contributed by atoms with Gasteiger partial charge in [0.05, 0.1) is 12.1 Å². The average molecular weight is 324 g/mol. The summed E-state index contributed by atoms with van der Waals surface area (Å²) in [5.74, 6) is 0.952. The van der Waals surface area contributed by atoms with Gasteiger partial charge >= 0.3 is 0 Å². The zero-order chi connectivity index (χ0) is 16.0. The van der Waals surface area contributed by atoms with Crippen LogP contribution in [0.2, 0.25) is 0 Å². The molecule has 1 atom stereocenters. The summed E-state index contributed by atoms with van der Waals surface area (Å²) in [6.45, 7) is 5.10. The van der Waals surface area contributed by atoms with Crippen molar-refractivity contribution < 1.29 is 4.74 Å². The molecule has 0 saturated carbocycles. The molecule has 1 aliphatic heterocycles. The summed E-state index contributed by atoms with van der Waals surface area (Å²) in [5.41, 5.74) is 2.13. The fraction of sp³-hybridized carbons (Fsp3) is 0.263. The van der Waals surface area contributed by atoms with E-state index in [0.29, 0.717) is 0 Å². The van der Waals surface area contributed by atoms with Gasteiger partial charge in [0.1, 0.15) is 5.75 Å². The minimum atomic E-state index is -0.375. The van der Waals surface area contributed by atoms with Crippen molar-refractivity contribution in [2.24, 2.45) is 0 Å². The van der Waals surface area contributed by atoms with Crippen molar-refractivity contribution in [3.63, 3.8) is 0 Å². The molecule has 4 heteroatoms. The van der Waals surface area contributed by atoms with Crippen molar-refractivity contribution in [2.45, 2.75) is 35.9 Å². The van der Waals surface area contributed by atoms with Gasteiger partial charge < -0.3 is 9.30 Å². The van der Waals surface area contributed by atoms with Crippen LogP contribution >= 0.6 is 11.8 Å². The lowest BCUT2D eigenvalue weighted by Gasteiger charge is -2.35. The third-order valence-corrected chi connectivity index (χ3v) is 5.76. The van der Waals surface area contributed by atoms with Crippen LogP contribution in [0.25, 0.3) is 10.9 Å². The first kappa shape index (κ1) is 14.7. The molecule has 0 radical (unpaired) electrons. The van der Waals surface area contributed by atoms with Gasteiger partial charge in [-0.05, 0) is 39.1 Å². The Balaban J connectivity index is 1.89. The molecule has 1 aromatic heterocycles. The van der Waals surface area contributed by atoms with E-state index in [9.17, 15) is 0 Å². The van der Waals surface area contributed by atoms with Crippen LogP contribution in [0.15, 0.2) is 58.3 Å². The smallest absolute Gasteiger partial charge is 0.176 e. The lowest BCUT2D eigenvalue weighted by atomic mass is 10.2. The molecule has 2 heterocycles. The van der Waals surface area contributed by atoms with E-state index in [1.165, 1.54) is 26.4 Å². The summed E-state index contributed by atoms with van der Waals surface area (Å²) in [6.07, 6.45) is 0. The number of likely N-dealkylation sites (N-methyl/N-ethyl adjacent to an activating group) is 1. The van der Waals surface area contributed by atoms with Gasteiger partial charge in [0.2, 0.25) is 0 Å². The van der Waals surface area contributed by atoms with Gasteiger partial charge in [-0.2, -0.15) is 0 Å². The van der Waals surface area contributed by atoms with Crippen LogP contribution in [0.1, 0.15) is 12.6 Å². The highest BCUT2D eigenvalue weighted by Gasteiger charge is 2.33. The van der Waals surface area contributed by atoms with Gasteiger partial charge in [-0.1, -0.05) is 42.1 Å². The summed E-state index contributed by atoms with van der Waals surface area (Å²) in [6, 6.07) is 16.9. The Kier molecular flexibility index (Phi) is 3.39. The van der Waals surface area contributed by atoms with Gasteiger partial charge in [0, 0.05) is 20.9 Å². The van der Waals surface area contributed by atoms with Crippen molar-refractivity contribution in [1.82, 2.24) is 9.88 Å². The molecule has 0 saturated heterocycles. The fourth-order valence-corrected chi connectivity index (χ4v) is 4.25. The van der Waals surface area contributed by atoms with Crippen molar-refractivity contribution in [2.75, 3.05) is 7.05 Å². The van der Waals surface area contributed by atoms with Gasteiger partial charge in [0.25, 0.3) is 0 Å². The number of ether oxygens (including phenoxy) is 1. The van der Waals surface area contributed by atoms with E-state index in [1.54, 1.807) is 0 Å². The topological polar surface area (TPSA) is 26.2 Å². The highest BCUT2D eigenvalue weighted by atomic mass is 32.2. The Bertz CT molecular complexity index is 872. The molecule has 0 bridgehead atoms. The number of benzene rings is 2. The van der Waals surface area contributed by atoms with Crippen molar-refractivity contribution >= 4 is 22.7 Å². The summed E-state index contributed by atoms with van der Waals surface area (Å²) >= 11 is 1.83. The number of hydrogen-bond donors (Lipinski definition) is 1.